The average molecular weight is 505 g/mol. The van der Waals surface area contributed by atoms with Crippen LogP contribution in [0.4, 0.5) is 8.78 Å². The smallest absolute Gasteiger partial charge is 0.191 e. The first-order valence-electron chi connectivity index (χ1n) is 8.80. The second kappa shape index (κ2) is 12.5. The van der Waals surface area contributed by atoms with Gasteiger partial charge >= 0.3 is 0 Å². The molecular weight excluding hydrogens is 479 g/mol. The number of rotatable bonds is 8. The topological polar surface area (TPSA) is 65.9 Å². The van der Waals surface area contributed by atoms with Gasteiger partial charge in [-0.05, 0) is 36.2 Å². The van der Waals surface area contributed by atoms with E-state index in [1.807, 2.05) is 6.92 Å². The molecule has 5 nitrogen and oxygen atoms in total. The second-order valence-electron chi connectivity index (χ2n) is 6.00. The highest BCUT2D eigenvalue weighted by molar-refractivity contribution is 14.0. The highest BCUT2D eigenvalue weighted by Gasteiger charge is 2.10. The Balaban J connectivity index is 0.00000392. The van der Waals surface area contributed by atoms with E-state index >= 15 is 0 Å². The van der Waals surface area contributed by atoms with Crippen molar-refractivity contribution < 1.29 is 18.6 Å². The molecule has 0 fully saturated rings. The lowest BCUT2D eigenvalue weighted by atomic mass is 10.1. The van der Waals surface area contributed by atoms with Crippen LogP contribution in [0.3, 0.4) is 0 Å². The summed E-state index contributed by atoms with van der Waals surface area (Å²) < 4.78 is 32.5. The van der Waals surface area contributed by atoms with Gasteiger partial charge in [-0.1, -0.05) is 19.1 Å². The van der Waals surface area contributed by atoms with Crippen LogP contribution in [0, 0.1) is 11.6 Å². The molecular formula is C20H26F2IN3O2. The van der Waals surface area contributed by atoms with Gasteiger partial charge in [0.25, 0.3) is 0 Å². The van der Waals surface area contributed by atoms with Gasteiger partial charge in [0.05, 0.1) is 13.2 Å². The van der Waals surface area contributed by atoms with E-state index in [0.717, 1.165) is 12.0 Å². The molecule has 2 aromatic carbocycles. The van der Waals surface area contributed by atoms with E-state index < -0.39 is 5.82 Å². The maximum atomic E-state index is 13.4. The van der Waals surface area contributed by atoms with Gasteiger partial charge in [0, 0.05) is 25.2 Å². The summed E-state index contributed by atoms with van der Waals surface area (Å²) in [7, 11) is 1.65. The summed E-state index contributed by atoms with van der Waals surface area (Å²) in [4.78, 5) is 4.15. The Morgan fingerprint density at radius 3 is 2.61 bits per heavy atom. The monoisotopic (exact) mass is 505 g/mol. The van der Waals surface area contributed by atoms with Crippen molar-refractivity contribution in [1.29, 1.82) is 0 Å². The van der Waals surface area contributed by atoms with Gasteiger partial charge in [-0.15, -0.1) is 24.0 Å². The molecule has 0 aromatic heterocycles. The Morgan fingerprint density at radius 1 is 1.18 bits per heavy atom. The number of nitrogens with zero attached hydrogens (tertiary/aromatic N) is 1. The Labute approximate surface area is 181 Å². The first kappa shape index (κ1) is 24.1. The van der Waals surface area contributed by atoms with Crippen molar-refractivity contribution in [1.82, 2.24) is 10.6 Å². The number of hydrogen-bond donors (Lipinski definition) is 3. The van der Waals surface area contributed by atoms with E-state index in [9.17, 15) is 8.78 Å². The Hall–Kier alpha value is -1.94. The molecule has 28 heavy (non-hydrogen) atoms. The molecule has 0 aliphatic rings. The van der Waals surface area contributed by atoms with Crippen LogP contribution in [-0.4, -0.2) is 30.8 Å². The summed E-state index contributed by atoms with van der Waals surface area (Å²) in [6.07, 6.45) is 0.579. The third-order valence-corrected chi connectivity index (χ3v) is 4.02. The van der Waals surface area contributed by atoms with Crippen LogP contribution in [0.1, 0.15) is 24.5 Å². The van der Waals surface area contributed by atoms with Crippen molar-refractivity contribution >= 4 is 29.9 Å². The molecule has 1 unspecified atom stereocenters. The van der Waals surface area contributed by atoms with Crippen LogP contribution in [0.5, 0.6) is 5.75 Å². The van der Waals surface area contributed by atoms with Crippen LogP contribution in [0.2, 0.25) is 0 Å². The predicted molar refractivity (Wildman–Crippen MR) is 117 cm³/mol. The molecule has 0 amide bonds. The summed E-state index contributed by atoms with van der Waals surface area (Å²) in [5, 5.41) is 15.4. The molecule has 0 saturated heterocycles. The van der Waals surface area contributed by atoms with Crippen molar-refractivity contribution in [3.63, 3.8) is 0 Å². The first-order valence-corrected chi connectivity index (χ1v) is 8.80. The maximum Gasteiger partial charge on any atom is 0.191 e. The van der Waals surface area contributed by atoms with Crippen LogP contribution >= 0.6 is 24.0 Å². The lowest BCUT2D eigenvalue weighted by Gasteiger charge is -2.20. The van der Waals surface area contributed by atoms with Crippen LogP contribution in [-0.2, 0) is 13.2 Å². The minimum Gasteiger partial charge on any atom is -0.489 e. The highest BCUT2D eigenvalue weighted by Crippen LogP contribution is 2.15. The highest BCUT2D eigenvalue weighted by atomic mass is 127. The summed E-state index contributed by atoms with van der Waals surface area (Å²) in [6.45, 7) is 2.55. The average Bonchev–Trinajstić information content (AvgIpc) is 2.68. The summed E-state index contributed by atoms with van der Waals surface area (Å²) in [5.41, 5.74) is 1.08. The number of aliphatic hydroxyl groups is 1. The number of aliphatic imine (C=N–C) groups is 1. The molecule has 154 valence electrons. The number of aliphatic hydroxyl groups excluding tert-OH is 1. The van der Waals surface area contributed by atoms with Crippen LogP contribution in [0.25, 0.3) is 0 Å². The fourth-order valence-electron chi connectivity index (χ4n) is 2.48. The third-order valence-electron chi connectivity index (χ3n) is 4.02. The van der Waals surface area contributed by atoms with E-state index in [0.29, 0.717) is 24.8 Å². The molecule has 0 spiro atoms. The molecule has 0 bridgehead atoms. The van der Waals surface area contributed by atoms with Crippen LogP contribution < -0.4 is 15.4 Å². The van der Waals surface area contributed by atoms with Gasteiger partial charge in [-0.25, -0.2) is 8.78 Å². The van der Waals surface area contributed by atoms with E-state index in [1.165, 1.54) is 18.2 Å². The fourth-order valence-corrected chi connectivity index (χ4v) is 2.48. The van der Waals surface area contributed by atoms with Gasteiger partial charge in [-0.2, -0.15) is 0 Å². The molecule has 0 heterocycles. The van der Waals surface area contributed by atoms with Gasteiger partial charge in [0.15, 0.2) is 5.96 Å². The molecule has 2 rings (SSSR count). The van der Waals surface area contributed by atoms with Gasteiger partial charge < -0.3 is 20.5 Å². The van der Waals surface area contributed by atoms with Crippen molar-refractivity contribution in [3.05, 3.63) is 65.2 Å². The summed E-state index contributed by atoms with van der Waals surface area (Å²) in [5.74, 6) is 0.277. The zero-order valence-electron chi connectivity index (χ0n) is 15.9. The number of guanidine groups is 1. The quantitative estimate of drug-likeness (QED) is 0.292. The van der Waals surface area contributed by atoms with Gasteiger partial charge in [0.2, 0.25) is 0 Å². The van der Waals surface area contributed by atoms with Crippen molar-refractivity contribution in [2.24, 2.45) is 4.99 Å². The lowest BCUT2D eigenvalue weighted by Crippen LogP contribution is -2.42. The van der Waals surface area contributed by atoms with Gasteiger partial charge in [0.1, 0.15) is 23.5 Å². The maximum absolute atomic E-state index is 13.4. The Kier molecular flexibility index (Phi) is 10.8. The predicted octanol–water partition coefficient (Wildman–Crippen LogP) is 3.60. The van der Waals surface area contributed by atoms with Crippen LogP contribution in [0.15, 0.2) is 47.5 Å². The SMILES string of the molecule is CCC(CNC(=NC)NCc1ccc(F)c(CO)c1)Oc1cccc(F)c1.I. The van der Waals surface area contributed by atoms with E-state index in [4.69, 9.17) is 9.84 Å². The summed E-state index contributed by atoms with van der Waals surface area (Å²) >= 11 is 0. The van der Waals surface area contributed by atoms with E-state index in [-0.39, 0.29) is 48.1 Å². The van der Waals surface area contributed by atoms with E-state index in [2.05, 4.69) is 15.6 Å². The normalized spacial score (nSPS) is 12.1. The molecule has 0 radical (unpaired) electrons. The molecule has 0 aliphatic carbocycles. The number of nitrogens with one attached hydrogen (secondary N) is 2. The number of ether oxygens (including phenoxy) is 1. The Morgan fingerprint density at radius 2 is 1.96 bits per heavy atom. The molecule has 2 aromatic rings. The largest absolute Gasteiger partial charge is 0.489 e. The minimum atomic E-state index is -0.427. The summed E-state index contributed by atoms with van der Waals surface area (Å²) in [6, 6.07) is 10.6. The molecule has 8 heteroatoms. The molecule has 3 N–H and O–H groups in total. The number of benzene rings is 2. The second-order valence-corrected chi connectivity index (χ2v) is 6.00. The first-order chi connectivity index (χ1) is 13.0. The van der Waals surface area contributed by atoms with Crippen molar-refractivity contribution in [3.8, 4) is 5.75 Å². The van der Waals surface area contributed by atoms with Gasteiger partial charge in [-0.3, -0.25) is 4.99 Å². The fraction of sp³-hybridized carbons (Fsp3) is 0.350. The van der Waals surface area contributed by atoms with Crippen molar-refractivity contribution in [2.45, 2.75) is 32.6 Å². The molecule has 1 atom stereocenters. The number of hydrogen-bond acceptors (Lipinski definition) is 3. The molecule has 0 aliphatic heterocycles. The zero-order valence-corrected chi connectivity index (χ0v) is 18.2. The standard InChI is InChI=1S/C20H25F2N3O2.HI/c1-3-17(27-18-6-4-5-16(21)10-18)12-25-20(23-2)24-11-14-7-8-19(22)15(9-14)13-26;/h4-10,17,26H,3,11-13H2,1-2H3,(H2,23,24,25);1H. The number of halogens is 3. The Bertz CT molecular complexity index is 775. The third kappa shape index (κ3) is 7.59. The van der Waals surface area contributed by atoms with Crippen molar-refractivity contribution in [2.75, 3.05) is 13.6 Å². The zero-order chi connectivity index (χ0) is 19.6. The lowest BCUT2D eigenvalue weighted by molar-refractivity contribution is 0.198. The molecule has 0 saturated carbocycles. The minimum absolute atomic E-state index is 0. The van der Waals surface area contributed by atoms with E-state index in [1.54, 1.807) is 31.3 Å².